The fourth-order valence-corrected chi connectivity index (χ4v) is 4.56. The first-order valence-electron chi connectivity index (χ1n) is 13.3. The summed E-state index contributed by atoms with van der Waals surface area (Å²) in [4.78, 5) is 31.7. The van der Waals surface area contributed by atoms with Crippen molar-refractivity contribution in [1.29, 1.82) is 0 Å². The normalized spacial score (nSPS) is 15.0. The topological polar surface area (TPSA) is 101 Å². The summed E-state index contributed by atoms with van der Waals surface area (Å²) in [5.74, 6) is -1.11. The fraction of sp³-hybridized carbons (Fsp3) is 0.281. The largest absolute Gasteiger partial charge is 0.506 e. The summed E-state index contributed by atoms with van der Waals surface area (Å²) in [5, 5.41) is 14.2. The van der Waals surface area contributed by atoms with E-state index in [4.69, 9.17) is 9.47 Å². The van der Waals surface area contributed by atoms with Crippen molar-refractivity contribution in [1.82, 2.24) is 4.98 Å². The summed E-state index contributed by atoms with van der Waals surface area (Å²) in [6, 6.07) is 12.6. The van der Waals surface area contributed by atoms with E-state index in [0.29, 0.717) is 12.1 Å². The molecule has 0 aliphatic carbocycles. The molecular formula is C32H34FN3O5. The average molecular weight is 560 g/mol. The van der Waals surface area contributed by atoms with Gasteiger partial charge in [0.05, 0.1) is 11.4 Å². The molecule has 0 spiro atoms. The molecule has 9 heteroatoms. The third kappa shape index (κ3) is 6.40. The molecule has 2 aromatic carbocycles. The number of carbonyl (C=O) groups is 2. The zero-order valence-corrected chi connectivity index (χ0v) is 23.6. The van der Waals surface area contributed by atoms with E-state index in [-0.39, 0.29) is 58.4 Å². The van der Waals surface area contributed by atoms with Crippen molar-refractivity contribution >= 4 is 23.8 Å². The summed E-state index contributed by atoms with van der Waals surface area (Å²) in [7, 11) is 0. The van der Waals surface area contributed by atoms with E-state index in [1.165, 1.54) is 35.4 Å². The number of halogens is 1. The Morgan fingerprint density at radius 2 is 2.00 bits per heavy atom. The third-order valence-corrected chi connectivity index (χ3v) is 7.00. The number of rotatable bonds is 10. The highest BCUT2D eigenvalue weighted by atomic mass is 19.1. The predicted octanol–water partition coefficient (Wildman–Crippen LogP) is 6.91. The zero-order valence-electron chi connectivity index (χ0n) is 23.6. The van der Waals surface area contributed by atoms with Gasteiger partial charge in [0.25, 0.3) is 12.4 Å². The molecule has 8 nitrogen and oxygen atoms in total. The molecule has 1 amide bonds. The lowest BCUT2D eigenvalue weighted by Crippen LogP contribution is -2.37. The molecule has 0 bridgehead atoms. The number of nitrogens with zero attached hydrogens (tertiary/aromatic N) is 2. The van der Waals surface area contributed by atoms with Gasteiger partial charge in [-0.05, 0) is 60.7 Å². The Labute approximate surface area is 239 Å². The highest BCUT2D eigenvalue weighted by Crippen LogP contribution is 2.48. The molecule has 1 unspecified atom stereocenters. The van der Waals surface area contributed by atoms with E-state index in [1.807, 2.05) is 20.8 Å². The van der Waals surface area contributed by atoms with Gasteiger partial charge in [-0.1, -0.05) is 45.9 Å². The number of phenolic OH excluding ortho intramolecular Hbond substituents is 1. The van der Waals surface area contributed by atoms with Gasteiger partial charge in [-0.3, -0.25) is 19.5 Å². The Balaban J connectivity index is 2.03. The van der Waals surface area contributed by atoms with Gasteiger partial charge in [0.2, 0.25) is 0 Å². The number of hydrogen-bond donors (Lipinski definition) is 2. The first kappa shape index (κ1) is 29.3. The van der Waals surface area contributed by atoms with Gasteiger partial charge in [0.15, 0.2) is 5.76 Å². The van der Waals surface area contributed by atoms with Crippen molar-refractivity contribution < 1.29 is 28.6 Å². The third-order valence-electron chi connectivity index (χ3n) is 7.00. The van der Waals surface area contributed by atoms with Gasteiger partial charge < -0.3 is 19.9 Å². The number of nitrogens with one attached hydrogen (secondary N) is 1. The van der Waals surface area contributed by atoms with E-state index in [9.17, 15) is 14.7 Å². The van der Waals surface area contributed by atoms with E-state index in [0.717, 1.165) is 12.0 Å². The first-order valence-corrected chi connectivity index (χ1v) is 13.3. The van der Waals surface area contributed by atoms with Crippen LogP contribution in [0.5, 0.6) is 11.5 Å². The van der Waals surface area contributed by atoms with Crippen LogP contribution in [0.25, 0.3) is 0 Å². The number of carbonyl (C=O) groups excluding carboxylic acids is 2. The minimum Gasteiger partial charge on any atom is -0.506 e. The number of hydrogen-bond acceptors (Lipinski definition) is 7. The van der Waals surface area contributed by atoms with Crippen molar-refractivity contribution in [2.45, 2.75) is 46.6 Å². The summed E-state index contributed by atoms with van der Waals surface area (Å²) in [6.07, 6.45) is 2.61. The quantitative estimate of drug-likeness (QED) is 0.158. The van der Waals surface area contributed by atoms with Gasteiger partial charge in [0.1, 0.15) is 41.3 Å². The number of allylic oxidation sites excluding steroid dienone is 1. The minimum atomic E-state index is -1.25. The molecule has 2 N–H and O–H groups in total. The van der Waals surface area contributed by atoms with Crippen LogP contribution in [-0.4, -0.2) is 29.1 Å². The number of para-hydroxylation sites is 1. The maximum absolute atomic E-state index is 16.0. The molecule has 1 aliphatic rings. The summed E-state index contributed by atoms with van der Waals surface area (Å²) in [5.41, 5.74) is 1.51. The Bertz CT molecular complexity index is 1490. The Kier molecular flexibility index (Phi) is 8.76. The van der Waals surface area contributed by atoms with Crippen LogP contribution >= 0.6 is 0 Å². The van der Waals surface area contributed by atoms with Crippen molar-refractivity contribution in [3.05, 3.63) is 101 Å². The van der Waals surface area contributed by atoms with Crippen LogP contribution < -0.4 is 15.0 Å². The molecule has 1 aliphatic heterocycles. The van der Waals surface area contributed by atoms with Crippen LogP contribution in [0.2, 0.25) is 0 Å². The number of fused-ring (bicyclic) bond motifs is 1. The first-order chi connectivity index (χ1) is 19.6. The van der Waals surface area contributed by atoms with Crippen LogP contribution in [0.3, 0.4) is 0 Å². The summed E-state index contributed by atoms with van der Waals surface area (Å²) < 4.78 is 27.3. The number of anilines is 2. The molecule has 0 fully saturated rings. The van der Waals surface area contributed by atoms with E-state index < -0.39 is 17.8 Å². The molecule has 2 heterocycles. The molecule has 0 saturated heterocycles. The van der Waals surface area contributed by atoms with Crippen molar-refractivity contribution in [2.24, 2.45) is 5.41 Å². The lowest BCUT2D eigenvalue weighted by Gasteiger charge is -2.32. The van der Waals surface area contributed by atoms with E-state index in [2.05, 4.69) is 16.9 Å². The number of aromatic hydroxyl groups is 1. The van der Waals surface area contributed by atoms with Gasteiger partial charge >= 0.3 is 0 Å². The van der Waals surface area contributed by atoms with Crippen LogP contribution in [0.1, 0.15) is 62.6 Å². The molecular weight excluding hydrogens is 525 g/mol. The van der Waals surface area contributed by atoms with Crippen LogP contribution in [0.4, 0.5) is 15.8 Å². The second-order valence-corrected chi connectivity index (χ2v) is 10.8. The van der Waals surface area contributed by atoms with Crippen molar-refractivity contribution in [2.75, 3.05) is 16.8 Å². The predicted molar refractivity (Wildman–Crippen MR) is 155 cm³/mol. The SMILES string of the molecule is C=C(C)COc1ccc(C2C(OC=O)=C(CC(C)(C)CC)Nc3c(O)cccc3N2C(=O)c2ccccn2)c(F)c1. The highest BCUT2D eigenvalue weighted by Gasteiger charge is 2.41. The van der Waals surface area contributed by atoms with Gasteiger partial charge in [0, 0.05) is 17.8 Å². The Morgan fingerprint density at radius 3 is 2.63 bits per heavy atom. The number of ether oxygens (including phenoxy) is 2. The number of phenols is 1. The van der Waals surface area contributed by atoms with E-state index >= 15 is 4.39 Å². The maximum atomic E-state index is 16.0. The fourth-order valence-electron chi connectivity index (χ4n) is 4.56. The standard InChI is InChI=1S/C32H34FN3O5/c1-6-32(4,5)17-25-30(41-19-37)29(22-14-13-21(16-23(22)33)40-18-20(2)3)36(31(39)24-10-7-8-15-34-24)26-11-9-12-27(38)28(26)35-25/h7-16,19,29,35,38H,2,6,17-18H2,1,3-5H3. The smallest absolute Gasteiger partial charge is 0.298 e. The number of amides is 1. The van der Waals surface area contributed by atoms with Crippen molar-refractivity contribution in [3.8, 4) is 11.5 Å². The molecule has 214 valence electrons. The number of aromatic nitrogens is 1. The monoisotopic (exact) mass is 559 g/mol. The molecule has 4 rings (SSSR count). The average Bonchev–Trinajstić information content (AvgIpc) is 3.07. The number of benzene rings is 2. The second-order valence-electron chi connectivity index (χ2n) is 10.8. The van der Waals surface area contributed by atoms with Crippen molar-refractivity contribution in [3.63, 3.8) is 0 Å². The van der Waals surface area contributed by atoms with Gasteiger partial charge in [-0.2, -0.15) is 0 Å². The molecule has 1 aromatic heterocycles. The minimum absolute atomic E-state index is 0.0240. The van der Waals surface area contributed by atoms with Crippen LogP contribution in [0, 0.1) is 11.2 Å². The maximum Gasteiger partial charge on any atom is 0.298 e. The van der Waals surface area contributed by atoms with Crippen LogP contribution in [0.15, 0.2) is 84.4 Å². The van der Waals surface area contributed by atoms with Crippen LogP contribution in [-0.2, 0) is 9.53 Å². The van der Waals surface area contributed by atoms with E-state index in [1.54, 1.807) is 37.3 Å². The highest BCUT2D eigenvalue weighted by molar-refractivity contribution is 6.08. The van der Waals surface area contributed by atoms with Gasteiger partial charge in [-0.15, -0.1) is 0 Å². The number of pyridine rings is 1. The summed E-state index contributed by atoms with van der Waals surface area (Å²) >= 11 is 0. The lowest BCUT2D eigenvalue weighted by atomic mass is 9.84. The molecule has 1 atom stereocenters. The molecule has 41 heavy (non-hydrogen) atoms. The molecule has 0 saturated carbocycles. The molecule has 0 radical (unpaired) electrons. The lowest BCUT2D eigenvalue weighted by molar-refractivity contribution is -0.125. The molecule has 3 aromatic rings. The zero-order chi connectivity index (χ0) is 29.7. The Morgan fingerprint density at radius 1 is 1.22 bits per heavy atom. The summed E-state index contributed by atoms with van der Waals surface area (Å²) in [6.45, 7) is 12.2. The van der Waals surface area contributed by atoms with Gasteiger partial charge in [-0.25, -0.2) is 4.39 Å². The second kappa shape index (κ2) is 12.2. The Hall–Kier alpha value is -4.66.